The Bertz CT molecular complexity index is 813. The molecule has 0 aromatic rings. The molecule has 0 bridgehead atoms. The van der Waals surface area contributed by atoms with Crippen LogP contribution >= 0.6 is 0 Å². The van der Waals surface area contributed by atoms with Gasteiger partial charge in [0.25, 0.3) is 0 Å². The minimum atomic E-state index is -0.672. The molecule has 2 unspecified atom stereocenters. The van der Waals surface area contributed by atoms with Gasteiger partial charge in [-0.15, -0.1) is 0 Å². The van der Waals surface area contributed by atoms with Crippen molar-refractivity contribution >= 4 is 11.9 Å². The molecule has 0 fully saturated rings. The van der Waals surface area contributed by atoms with Crippen LogP contribution in [0.3, 0.4) is 0 Å². The van der Waals surface area contributed by atoms with Gasteiger partial charge in [0.05, 0.1) is 25.4 Å². The van der Waals surface area contributed by atoms with E-state index < -0.39 is 12.1 Å². The summed E-state index contributed by atoms with van der Waals surface area (Å²) in [6.45, 7) is 4.83. The number of carbonyl (C=O) groups is 2. The van der Waals surface area contributed by atoms with Crippen molar-refractivity contribution in [2.75, 3.05) is 13.2 Å². The molecular formula is C46H87NO5. The Morgan fingerprint density at radius 3 is 1.52 bits per heavy atom. The third kappa shape index (κ3) is 38.1. The number of carbonyl (C=O) groups excluding carboxylic acids is 2. The molecule has 0 aliphatic heterocycles. The second kappa shape index (κ2) is 42.1. The number of esters is 1. The SMILES string of the molecule is CCCC/C=C\C/C=C\CCCCCCCC(=O)OCCCCCCCCCCCCCCC(=O)NC(CO)C(O)CCCCCCCCCCC. The zero-order valence-corrected chi connectivity index (χ0v) is 34.5. The van der Waals surface area contributed by atoms with Crippen LogP contribution in [-0.4, -0.2) is 47.4 Å². The second-order valence-electron chi connectivity index (χ2n) is 15.4. The van der Waals surface area contributed by atoms with E-state index in [1.165, 1.54) is 128 Å². The summed E-state index contributed by atoms with van der Waals surface area (Å²) in [5, 5.41) is 23.0. The molecule has 0 spiro atoms. The molecule has 0 heterocycles. The van der Waals surface area contributed by atoms with E-state index in [0.717, 1.165) is 70.6 Å². The first-order chi connectivity index (χ1) is 25.5. The van der Waals surface area contributed by atoms with Gasteiger partial charge in [-0.05, 0) is 51.4 Å². The minimum Gasteiger partial charge on any atom is -0.466 e. The summed E-state index contributed by atoms with van der Waals surface area (Å²) in [7, 11) is 0. The highest BCUT2D eigenvalue weighted by Gasteiger charge is 2.20. The van der Waals surface area contributed by atoms with Gasteiger partial charge in [0.15, 0.2) is 0 Å². The lowest BCUT2D eigenvalue weighted by molar-refractivity contribution is -0.143. The van der Waals surface area contributed by atoms with Gasteiger partial charge in [-0.25, -0.2) is 0 Å². The largest absolute Gasteiger partial charge is 0.466 e. The highest BCUT2D eigenvalue weighted by atomic mass is 16.5. The van der Waals surface area contributed by atoms with Crippen LogP contribution in [0.15, 0.2) is 24.3 Å². The van der Waals surface area contributed by atoms with Gasteiger partial charge in [-0.1, -0.05) is 192 Å². The average Bonchev–Trinajstić information content (AvgIpc) is 3.14. The van der Waals surface area contributed by atoms with E-state index in [1.54, 1.807) is 0 Å². The monoisotopic (exact) mass is 734 g/mol. The summed E-state index contributed by atoms with van der Waals surface area (Å²) in [5.74, 6) is -0.0799. The fraction of sp³-hybridized carbons (Fsp3) is 0.870. The molecule has 0 saturated heterocycles. The van der Waals surface area contributed by atoms with E-state index in [4.69, 9.17) is 4.74 Å². The van der Waals surface area contributed by atoms with Gasteiger partial charge in [-0.3, -0.25) is 9.59 Å². The molecule has 52 heavy (non-hydrogen) atoms. The Morgan fingerprint density at radius 1 is 0.538 bits per heavy atom. The number of rotatable bonds is 41. The minimum absolute atomic E-state index is 0.0248. The summed E-state index contributed by atoms with van der Waals surface area (Å²) < 4.78 is 5.44. The Hall–Kier alpha value is -1.66. The number of hydrogen-bond acceptors (Lipinski definition) is 5. The molecule has 6 nitrogen and oxygen atoms in total. The van der Waals surface area contributed by atoms with Crippen molar-refractivity contribution in [3.05, 3.63) is 24.3 Å². The van der Waals surface area contributed by atoms with Gasteiger partial charge >= 0.3 is 5.97 Å². The van der Waals surface area contributed by atoms with E-state index in [2.05, 4.69) is 43.5 Å². The van der Waals surface area contributed by atoms with Crippen molar-refractivity contribution in [3.63, 3.8) is 0 Å². The van der Waals surface area contributed by atoms with Crippen molar-refractivity contribution in [2.24, 2.45) is 0 Å². The van der Waals surface area contributed by atoms with E-state index in [1.807, 2.05) is 0 Å². The average molecular weight is 734 g/mol. The molecule has 0 radical (unpaired) electrons. The molecule has 3 N–H and O–H groups in total. The van der Waals surface area contributed by atoms with Crippen LogP contribution in [0.25, 0.3) is 0 Å². The molecule has 0 rings (SSSR count). The molecule has 1 amide bonds. The van der Waals surface area contributed by atoms with Crippen molar-refractivity contribution in [3.8, 4) is 0 Å². The molecule has 6 heteroatoms. The zero-order valence-electron chi connectivity index (χ0n) is 34.5. The van der Waals surface area contributed by atoms with Crippen LogP contribution in [0.4, 0.5) is 0 Å². The predicted molar refractivity (Wildman–Crippen MR) is 223 cm³/mol. The molecule has 306 valence electrons. The van der Waals surface area contributed by atoms with Gasteiger partial charge in [0.2, 0.25) is 5.91 Å². The summed E-state index contributed by atoms with van der Waals surface area (Å²) in [6.07, 6.45) is 47.0. The fourth-order valence-corrected chi connectivity index (χ4v) is 6.71. The van der Waals surface area contributed by atoms with Crippen LogP contribution in [-0.2, 0) is 14.3 Å². The lowest BCUT2D eigenvalue weighted by Gasteiger charge is -2.22. The fourth-order valence-electron chi connectivity index (χ4n) is 6.71. The molecule has 0 aliphatic carbocycles. The molecule has 0 aliphatic rings. The third-order valence-electron chi connectivity index (χ3n) is 10.3. The summed E-state index contributed by atoms with van der Waals surface area (Å²) in [6, 6.07) is -0.551. The van der Waals surface area contributed by atoms with Crippen LogP contribution in [0.1, 0.15) is 232 Å². The summed E-state index contributed by atoms with van der Waals surface area (Å²) in [5.41, 5.74) is 0. The quantitative estimate of drug-likeness (QED) is 0.0330. The predicted octanol–water partition coefficient (Wildman–Crippen LogP) is 12.8. The van der Waals surface area contributed by atoms with Gasteiger partial charge < -0.3 is 20.3 Å². The molecule has 2 atom stereocenters. The maximum atomic E-state index is 12.4. The van der Waals surface area contributed by atoms with E-state index in [9.17, 15) is 19.8 Å². The number of allylic oxidation sites excluding steroid dienone is 4. The van der Waals surface area contributed by atoms with Crippen LogP contribution in [0, 0.1) is 0 Å². The van der Waals surface area contributed by atoms with Gasteiger partial charge in [-0.2, -0.15) is 0 Å². The topological polar surface area (TPSA) is 95.9 Å². The maximum Gasteiger partial charge on any atom is 0.305 e. The number of ether oxygens (including phenoxy) is 1. The lowest BCUT2D eigenvalue weighted by atomic mass is 10.0. The van der Waals surface area contributed by atoms with Crippen LogP contribution in [0.5, 0.6) is 0 Å². The van der Waals surface area contributed by atoms with E-state index in [0.29, 0.717) is 25.9 Å². The Labute approximate surface area is 322 Å². The van der Waals surface area contributed by atoms with Gasteiger partial charge in [0.1, 0.15) is 0 Å². The maximum absolute atomic E-state index is 12.4. The lowest BCUT2D eigenvalue weighted by Crippen LogP contribution is -2.45. The Kier molecular flexibility index (Phi) is 40.7. The van der Waals surface area contributed by atoms with Crippen molar-refractivity contribution in [1.29, 1.82) is 0 Å². The Morgan fingerprint density at radius 2 is 0.981 bits per heavy atom. The highest BCUT2D eigenvalue weighted by Crippen LogP contribution is 2.15. The number of nitrogens with one attached hydrogen (secondary N) is 1. The Balaban J connectivity index is 3.46. The molecular weight excluding hydrogens is 647 g/mol. The number of hydrogen-bond donors (Lipinski definition) is 3. The summed E-state index contributed by atoms with van der Waals surface area (Å²) >= 11 is 0. The molecule has 0 aromatic heterocycles. The molecule has 0 aromatic carbocycles. The number of aliphatic hydroxyl groups excluding tert-OH is 2. The van der Waals surface area contributed by atoms with Crippen molar-refractivity contribution in [2.45, 2.75) is 244 Å². The van der Waals surface area contributed by atoms with Gasteiger partial charge in [0, 0.05) is 12.8 Å². The van der Waals surface area contributed by atoms with E-state index >= 15 is 0 Å². The first kappa shape index (κ1) is 50.3. The highest BCUT2D eigenvalue weighted by molar-refractivity contribution is 5.76. The first-order valence-corrected chi connectivity index (χ1v) is 22.6. The number of aliphatic hydroxyl groups is 2. The second-order valence-corrected chi connectivity index (χ2v) is 15.4. The standard InChI is InChI=1S/C46H87NO5/c1-3-5-7-9-11-13-14-15-16-20-24-28-32-36-40-46(51)52-41-37-33-29-25-21-18-17-19-23-27-31-35-39-45(50)47-43(42-48)44(49)38-34-30-26-22-12-10-8-6-4-2/h9,11,14-15,43-44,48-49H,3-8,10,12-13,16-42H2,1-2H3,(H,47,50)/b11-9-,15-14-. The zero-order chi connectivity index (χ0) is 38.0. The molecule has 0 saturated carbocycles. The number of amides is 1. The van der Waals surface area contributed by atoms with E-state index in [-0.39, 0.29) is 18.5 Å². The summed E-state index contributed by atoms with van der Waals surface area (Å²) in [4.78, 5) is 24.3. The van der Waals surface area contributed by atoms with Crippen LogP contribution in [0.2, 0.25) is 0 Å². The first-order valence-electron chi connectivity index (χ1n) is 22.6. The normalized spacial score (nSPS) is 12.9. The van der Waals surface area contributed by atoms with Crippen molar-refractivity contribution < 1.29 is 24.5 Å². The number of unbranched alkanes of at least 4 members (excludes halogenated alkanes) is 26. The van der Waals surface area contributed by atoms with Crippen molar-refractivity contribution in [1.82, 2.24) is 5.32 Å². The van der Waals surface area contributed by atoms with Crippen LogP contribution < -0.4 is 5.32 Å². The smallest absolute Gasteiger partial charge is 0.305 e. The third-order valence-corrected chi connectivity index (χ3v) is 10.3.